The van der Waals surface area contributed by atoms with Crippen LogP contribution in [0.5, 0.6) is 0 Å². The molecular weight excluding hydrogens is 276 g/mol. The number of aryl methyl sites for hydroxylation is 1. The van der Waals surface area contributed by atoms with E-state index in [4.69, 9.17) is 11.6 Å². The van der Waals surface area contributed by atoms with Gasteiger partial charge in [-0.2, -0.15) is 0 Å². The van der Waals surface area contributed by atoms with Crippen molar-refractivity contribution < 1.29 is 4.79 Å². The highest BCUT2D eigenvalue weighted by Crippen LogP contribution is 2.27. The lowest BCUT2D eigenvalue weighted by Gasteiger charge is -2.15. The lowest BCUT2D eigenvalue weighted by molar-refractivity contribution is 0.102. The lowest BCUT2D eigenvalue weighted by atomic mass is 10.2. The van der Waals surface area contributed by atoms with E-state index in [9.17, 15) is 4.79 Å². The SMILES string of the molecule is Cc1ncncc1C(=O)Nc1ccc(N(C)C)c(Cl)c1. The largest absolute Gasteiger partial charge is 0.376 e. The molecule has 0 radical (unpaired) electrons. The van der Waals surface area contributed by atoms with Gasteiger partial charge in [0.25, 0.3) is 5.91 Å². The molecule has 1 heterocycles. The van der Waals surface area contributed by atoms with Gasteiger partial charge in [0.05, 0.1) is 22.0 Å². The van der Waals surface area contributed by atoms with Crippen molar-refractivity contribution in [2.45, 2.75) is 6.92 Å². The van der Waals surface area contributed by atoms with Crippen LogP contribution in [0.4, 0.5) is 11.4 Å². The molecule has 6 heteroatoms. The number of benzene rings is 1. The minimum absolute atomic E-state index is 0.253. The van der Waals surface area contributed by atoms with E-state index in [0.29, 0.717) is 22.0 Å². The van der Waals surface area contributed by atoms with E-state index in [-0.39, 0.29) is 5.91 Å². The van der Waals surface area contributed by atoms with E-state index < -0.39 is 0 Å². The van der Waals surface area contributed by atoms with Gasteiger partial charge in [-0.05, 0) is 25.1 Å². The minimum Gasteiger partial charge on any atom is -0.376 e. The molecule has 0 aliphatic carbocycles. The van der Waals surface area contributed by atoms with Crippen molar-refractivity contribution in [2.75, 3.05) is 24.3 Å². The van der Waals surface area contributed by atoms with Crippen LogP contribution in [0.25, 0.3) is 0 Å². The average molecular weight is 291 g/mol. The van der Waals surface area contributed by atoms with Crippen LogP contribution in [0.3, 0.4) is 0 Å². The fourth-order valence-corrected chi connectivity index (χ4v) is 2.11. The number of nitrogens with one attached hydrogen (secondary N) is 1. The first-order valence-corrected chi connectivity index (χ1v) is 6.41. The van der Waals surface area contributed by atoms with E-state index in [1.807, 2.05) is 25.1 Å². The first-order valence-electron chi connectivity index (χ1n) is 6.04. The van der Waals surface area contributed by atoms with Crippen LogP contribution in [-0.2, 0) is 0 Å². The molecule has 1 aromatic heterocycles. The zero-order valence-electron chi connectivity index (χ0n) is 11.5. The van der Waals surface area contributed by atoms with Crippen LogP contribution in [0.15, 0.2) is 30.7 Å². The summed E-state index contributed by atoms with van der Waals surface area (Å²) in [6, 6.07) is 5.37. The number of nitrogens with zero attached hydrogens (tertiary/aromatic N) is 3. The third-order valence-corrected chi connectivity index (χ3v) is 3.15. The van der Waals surface area contributed by atoms with Gasteiger partial charge in [0.1, 0.15) is 6.33 Å². The number of aromatic nitrogens is 2. The highest BCUT2D eigenvalue weighted by Gasteiger charge is 2.11. The maximum atomic E-state index is 12.1. The number of rotatable bonds is 3. The van der Waals surface area contributed by atoms with Crippen molar-refractivity contribution in [2.24, 2.45) is 0 Å². The predicted molar refractivity (Wildman–Crippen MR) is 80.5 cm³/mol. The number of carbonyl (C=O) groups is 1. The van der Waals surface area contributed by atoms with Gasteiger partial charge in [-0.3, -0.25) is 4.79 Å². The highest BCUT2D eigenvalue weighted by atomic mass is 35.5. The molecule has 2 rings (SSSR count). The molecule has 20 heavy (non-hydrogen) atoms. The van der Waals surface area contributed by atoms with Crippen molar-refractivity contribution in [1.29, 1.82) is 0 Å². The van der Waals surface area contributed by atoms with Gasteiger partial charge in [0.15, 0.2) is 0 Å². The molecule has 0 fully saturated rings. The molecular formula is C14H15ClN4O. The smallest absolute Gasteiger partial charge is 0.259 e. The fraction of sp³-hybridized carbons (Fsp3) is 0.214. The molecule has 0 saturated heterocycles. The Morgan fingerprint density at radius 3 is 2.70 bits per heavy atom. The summed E-state index contributed by atoms with van der Waals surface area (Å²) in [5.41, 5.74) is 2.60. The Balaban J connectivity index is 2.21. The van der Waals surface area contributed by atoms with E-state index in [1.165, 1.54) is 12.5 Å². The molecule has 0 aliphatic rings. The summed E-state index contributed by atoms with van der Waals surface area (Å²) in [4.78, 5) is 21.9. The topological polar surface area (TPSA) is 58.1 Å². The summed E-state index contributed by atoms with van der Waals surface area (Å²) in [5, 5.41) is 3.36. The number of carbonyl (C=O) groups excluding carboxylic acids is 1. The molecule has 1 amide bonds. The second-order valence-corrected chi connectivity index (χ2v) is 4.94. The van der Waals surface area contributed by atoms with Gasteiger partial charge in [0.2, 0.25) is 0 Å². The Morgan fingerprint density at radius 2 is 2.10 bits per heavy atom. The zero-order chi connectivity index (χ0) is 14.7. The monoisotopic (exact) mass is 290 g/mol. The van der Waals surface area contributed by atoms with Crippen LogP contribution in [0.2, 0.25) is 5.02 Å². The molecule has 0 bridgehead atoms. The molecule has 1 N–H and O–H groups in total. The molecule has 5 nitrogen and oxygen atoms in total. The Morgan fingerprint density at radius 1 is 1.35 bits per heavy atom. The van der Waals surface area contributed by atoms with Crippen molar-refractivity contribution in [1.82, 2.24) is 9.97 Å². The number of amides is 1. The van der Waals surface area contributed by atoms with E-state index in [2.05, 4.69) is 15.3 Å². The third-order valence-electron chi connectivity index (χ3n) is 2.84. The van der Waals surface area contributed by atoms with Crippen LogP contribution in [-0.4, -0.2) is 30.0 Å². The normalized spacial score (nSPS) is 10.2. The standard InChI is InChI=1S/C14H15ClN4O/c1-9-11(7-16-8-17-9)14(20)18-10-4-5-13(19(2)3)12(15)6-10/h4-8H,1-3H3,(H,18,20). The minimum atomic E-state index is -0.253. The summed E-state index contributed by atoms with van der Waals surface area (Å²) in [6.07, 6.45) is 2.91. The Hall–Kier alpha value is -2.14. The average Bonchev–Trinajstić information content (AvgIpc) is 2.38. The molecule has 0 unspecified atom stereocenters. The molecule has 0 atom stereocenters. The van der Waals surface area contributed by atoms with Crippen molar-refractivity contribution in [3.63, 3.8) is 0 Å². The summed E-state index contributed by atoms with van der Waals surface area (Å²) >= 11 is 6.17. The number of hydrogen-bond acceptors (Lipinski definition) is 4. The Labute approximate surface area is 122 Å². The predicted octanol–water partition coefficient (Wildman–Crippen LogP) is 2.76. The van der Waals surface area contributed by atoms with Gasteiger partial charge in [-0.25, -0.2) is 9.97 Å². The molecule has 0 spiro atoms. The van der Waals surface area contributed by atoms with Crippen molar-refractivity contribution in [3.8, 4) is 0 Å². The van der Waals surface area contributed by atoms with Crippen molar-refractivity contribution in [3.05, 3.63) is 47.0 Å². The van der Waals surface area contributed by atoms with Crippen LogP contribution in [0.1, 0.15) is 16.1 Å². The second kappa shape index (κ2) is 5.88. The quantitative estimate of drug-likeness (QED) is 0.944. The molecule has 1 aromatic carbocycles. The molecule has 0 saturated carbocycles. The second-order valence-electron chi connectivity index (χ2n) is 4.54. The first-order chi connectivity index (χ1) is 9.49. The van der Waals surface area contributed by atoms with Crippen LogP contribution < -0.4 is 10.2 Å². The van der Waals surface area contributed by atoms with Crippen LogP contribution >= 0.6 is 11.6 Å². The molecule has 0 aliphatic heterocycles. The van der Waals surface area contributed by atoms with Gasteiger partial charge in [-0.15, -0.1) is 0 Å². The maximum Gasteiger partial charge on any atom is 0.259 e. The van der Waals surface area contributed by atoms with E-state index >= 15 is 0 Å². The molecule has 104 valence electrons. The van der Waals surface area contributed by atoms with E-state index in [0.717, 1.165) is 5.69 Å². The number of hydrogen-bond donors (Lipinski definition) is 1. The Kier molecular flexibility index (Phi) is 4.20. The summed E-state index contributed by atoms with van der Waals surface area (Å²) in [5.74, 6) is -0.253. The fourth-order valence-electron chi connectivity index (χ4n) is 1.76. The zero-order valence-corrected chi connectivity index (χ0v) is 12.3. The van der Waals surface area contributed by atoms with Crippen molar-refractivity contribution >= 4 is 28.9 Å². The van der Waals surface area contributed by atoms with Gasteiger partial charge in [-0.1, -0.05) is 11.6 Å². The lowest BCUT2D eigenvalue weighted by Crippen LogP contribution is -2.15. The van der Waals surface area contributed by atoms with Gasteiger partial charge >= 0.3 is 0 Å². The third kappa shape index (κ3) is 3.05. The summed E-state index contributed by atoms with van der Waals surface area (Å²) < 4.78 is 0. The summed E-state index contributed by atoms with van der Waals surface area (Å²) in [7, 11) is 3.81. The van der Waals surface area contributed by atoms with Crippen LogP contribution in [0, 0.1) is 6.92 Å². The van der Waals surface area contributed by atoms with E-state index in [1.54, 1.807) is 19.1 Å². The maximum absolute atomic E-state index is 12.1. The first kappa shape index (κ1) is 14.3. The van der Waals surface area contributed by atoms with Gasteiger partial charge in [0, 0.05) is 26.0 Å². The number of halogens is 1. The number of anilines is 2. The molecule has 2 aromatic rings. The highest BCUT2D eigenvalue weighted by molar-refractivity contribution is 6.33. The Bertz CT molecular complexity index is 643. The summed E-state index contributed by atoms with van der Waals surface area (Å²) in [6.45, 7) is 1.76. The van der Waals surface area contributed by atoms with Gasteiger partial charge < -0.3 is 10.2 Å².